The summed E-state index contributed by atoms with van der Waals surface area (Å²) < 4.78 is 32.2. The summed E-state index contributed by atoms with van der Waals surface area (Å²) in [5.74, 6) is -0.472. The van der Waals surface area contributed by atoms with Crippen molar-refractivity contribution in [2.45, 2.75) is 10.6 Å². The van der Waals surface area contributed by atoms with Crippen LogP contribution in [-0.2, 0) is 16.4 Å². The number of carboxylic acids is 1. The van der Waals surface area contributed by atoms with Crippen molar-refractivity contribution in [3.63, 3.8) is 0 Å². The van der Waals surface area contributed by atoms with Gasteiger partial charge in [0.1, 0.15) is 14.8 Å². The Labute approximate surface area is 125 Å². The number of carboxylic acid groups (broad SMARTS) is 1. The molecule has 0 amide bonds. The molecule has 0 spiro atoms. The van der Waals surface area contributed by atoms with E-state index in [2.05, 4.69) is 4.72 Å². The summed E-state index contributed by atoms with van der Waals surface area (Å²) in [5, 5.41) is 8.84. The Morgan fingerprint density at radius 1 is 1.29 bits per heavy atom. The minimum Gasteiger partial charge on any atom is -0.493 e. The van der Waals surface area contributed by atoms with E-state index in [1.807, 2.05) is 6.07 Å². The smallest absolute Gasteiger partial charge is 0.345 e. The Hall–Kier alpha value is -2.06. The van der Waals surface area contributed by atoms with Crippen LogP contribution in [-0.4, -0.2) is 26.1 Å². The van der Waals surface area contributed by atoms with Crippen LogP contribution in [0.2, 0.25) is 0 Å². The molecule has 1 aliphatic heterocycles. The number of hydrogen-bond donors (Lipinski definition) is 2. The van der Waals surface area contributed by atoms with Gasteiger partial charge in [-0.25, -0.2) is 13.2 Å². The van der Waals surface area contributed by atoms with E-state index >= 15 is 0 Å². The number of rotatable bonds is 4. The fourth-order valence-electron chi connectivity index (χ4n) is 2.01. The van der Waals surface area contributed by atoms with Crippen LogP contribution >= 0.6 is 11.3 Å². The van der Waals surface area contributed by atoms with Gasteiger partial charge in [0.05, 0.1) is 12.3 Å². The largest absolute Gasteiger partial charge is 0.493 e. The van der Waals surface area contributed by atoms with E-state index in [9.17, 15) is 13.2 Å². The maximum Gasteiger partial charge on any atom is 0.345 e. The van der Waals surface area contributed by atoms with Crippen molar-refractivity contribution in [3.05, 3.63) is 40.8 Å². The minimum absolute atomic E-state index is 0.0207. The molecule has 6 nitrogen and oxygen atoms in total. The fraction of sp³-hybridized carbons (Fsp3) is 0.154. The molecule has 2 N–H and O–H groups in total. The predicted octanol–water partition coefficient (Wildman–Crippen LogP) is 2.18. The fourth-order valence-corrected chi connectivity index (χ4v) is 4.21. The van der Waals surface area contributed by atoms with Crippen molar-refractivity contribution in [2.24, 2.45) is 0 Å². The number of thiophene rings is 1. The van der Waals surface area contributed by atoms with Crippen molar-refractivity contribution in [1.82, 2.24) is 0 Å². The molecule has 0 radical (unpaired) electrons. The molecule has 1 aromatic heterocycles. The van der Waals surface area contributed by atoms with Crippen LogP contribution in [0.4, 0.5) is 5.69 Å². The van der Waals surface area contributed by atoms with Gasteiger partial charge in [-0.1, -0.05) is 6.07 Å². The Kier molecular flexibility index (Phi) is 3.34. The number of anilines is 1. The highest BCUT2D eigenvalue weighted by atomic mass is 32.2. The van der Waals surface area contributed by atoms with Crippen LogP contribution in [0, 0.1) is 0 Å². The zero-order valence-electron chi connectivity index (χ0n) is 10.7. The summed E-state index contributed by atoms with van der Waals surface area (Å²) in [7, 11) is -3.79. The highest BCUT2D eigenvalue weighted by Crippen LogP contribution is 2.30. The van der Waals surface area contributed by atoms with Gasteiger partial charge in [0.15, 0.2) is 0 Å². The van der Waals surface area contributed by atoms with Gasteiger partial charge < -0.3 is 9.84 Å². The minimum atomic E-state index is -3.79. The summed E-state index contributed by atoms with van der Waals surface area (Å²) in [6.45, 7) is 0.596. The Morgan fingerprint density at radius 3 is 2.81 bits per heavy atom. The molecule has 0 saturated heterocycles. The second kappa shape index (κ2) is 5.05. The Balaban J connectivity index is 1.87. The van der Waals surface area contributed by atoms with Crippen molar-refractivity contribution in [3.8, 4) is 5.75 Å². The lowest BCUT2D eigenvalue weighted by atomic mass is 10.1. The summed E-state index contributed by atoms with van der Waals surface area (Å²) in [4.78, 5) is 10.8. The lowest BCUT2D eigenvalue weighted by Crippen LogP contribution is -2.11. The second-order valence-electron chi connectivity index (χ2n) is 4.45. The van der Waals surface area contributed by atoms with E-state index in [1.165, 1.54) is 12.1 Å². The van der Waals surface area contributed by atoms with Gasteiger partial charge in [0.2, 0.25) is 0 Å². The summed E-state index contributed by atoms with van der Waals surface area (Å²) in [6.07, 6.45) is 0.815. The maximum absolute atomic E-state index is 12.2. The monoisotopic (exact) mass is 325 g/mol. The Bertz CT molecular complexity index is 810. The first kappa shape index (κ1) is 13.9. The summed E-state index contributed by atoms with van der Waals surface area (Å²) >= 11 is 0.711. The van der Waals surface area contributed by atoms with Gasteiger partial charge in [-0.15, -0.1) is 11.3 Å². The first-order valence-electron chi connectivity index (χ1n) is 6.07. The molecule has 0 unspecified atom stereocenters. The third-order valence-electron chi connectivity index (χ3n) is 3.01. The molecule has 110 valence electrons. The average molecular weight is 325 g/mol. The number of carbonyl (C=O) groups is 1. The van der Waals surface area contributed by atoms with E-state index in [1.54, 1.807) is 12.1 Å². The molecule has 2 aromatic rings. The molecule has 2 heterocycles. The van der Waals surface area contributed by atoms with Crippen molar-refractivity contribution < 1.29 is 23.1 Å². The standard InChI is InChI=1S/C13H11NO5S2/c15-13(16)11-3-4-12(20-11)21(17,18)14-9-2-1-8-5-6-19-10(8)7-9/h1-4,7,14H,5-6H2,(H,15,16). The molecular formula is C13H11NO5S2. The van der Waals surface area contributed by atoms with Gasteiger partial charge in [0, 0.05) is 12.5 Å². The van der Waals surface area contributed by atoms with E-state index < -0.39 is 16.0 Å². The highest BCUT2D eigenvalue weighted by molar-refractivity contribution is 7.94. The zero-order chi connectivity index (χ0) is 15.0. The quantitative estimate of drug-likeness (QED) is 0.899. The molecule has 1 aromatic carbocycles. The lowest BCUT2D eigenvalue weighted by Gasteiger charge is -2.07. The zero-order valence-corrected chi connectivity index (χ0v) is 12.3. The van der Waals surface area contributed by atoms with Gasteiger partial charge in [-0.2, -0.15) is 0 Å². The van der Waals surface area contributed by atoms with Crippen molar-refractivity contribution >= 4 is 33.0 Å². The highest BCUT2D eigenvalue weighted by Gasteiger charge is 2.20. The number of hydrogen-bond acceptors (Lipinski definition) is 5. The Morgan fingerprint density at radius 2 is 2.10 bits per heavy atom. The van der Waals surface area contributed by atoms with Crippen LogP contribution in [0.3, 0.4) is 0 Å². The van der Waals surface area contributed by atoms with E-state index in [-0.39, 0.29) is 9.09 Å². The van der Waals surface area contributed by atoms with Gasteiger partial charge >= 0.3 is 5.97 Å². The molecule has 0 aliphatic carbocycles. The van der Waals surface area contributed by atoms with E-state index in [4.69, 9.17) is 9.84 Å². The number of sulfonamides is 1. The molecule has 0 atom stereocenters. The molecule has 21 heavy (non-hydrogen) atoms. The number of nitrogens with one attached hydrogen (secondary N) is 1. The van der Waals surface area contributed by atoms with Gasteiger partial charge in [0.25, 0.3) is 10.0 Å². The normalized spacial score (nSPS) is 13.5. The molecule has 0 bridgehead atoms. The SMILES string of the molecule is O=C(O)c1ccc(S(=O)(=O)Nc2ccc3c(c2)OCC3)s1. The summed E-state index contributed by atoms with van der Waals surface area (Å²) in [6, 6.07) is 7.66. The molecule has 3 rings (SSSR count). The van der Waals surface area contributed by atoms with Gasteiger partial charge in [-0.3, -0.25) is 4.72 Å². The number of fused-ring (bicyclic) bond motifs is 1. The lowest BCUT2D eigenvalue weighted by molar-refractivity contribution is 0.0702. The molecular weight excluding hydrogens is 314 g/mol. The third-order valence-corrected chi connectivity index (χ3v) is 5.95. The number of aromatic carboxylic acids is 1. The van der Waals surface area contributed by atoms with Crippen LogP contribution in [0.15, 0.2) is 34.5 Å². The van der Waals surface area contributed by atoms with Crippen molar-refractivity contribution in [1.29, 1.82) is 0 Å². The first-order chi connectivity index (χ1) is 9.95. The topological polar surface area (TPSA) is 92.7 Å². The van der Waals surface area contributed by atoms with Gasteiger partial charge in [-0.05, 0) is 23.8 Å². The molecule has 0 saturated carbocycles. The predicted molar refractivity (Wildman–Crippen MR) is 77.7 cm³/mol. The van der Waals surface area contributed by atoms with Crippen LogP contribution in [0.1, 0.15) is 15.2 Å². The summed E-state index contributed by atoms with van der Waals surface area (Å²) in [5.41, 5.74) is 1.43. The third kappa shape index (κ3) is 2.72. The average Bonchev–Trinajstić information content (AvgIpc) is 3.07. The number of ether oxygens (including phenoxy) is 1. The second-order valence-corrected chi connectivity index (χ2v) is 7.44. The molecule has 0 fully saturated rings. The molecule has 1 aliphatic rings. The molecule has 8 heteroatoms. The van der Waals surface area contributed by atoms with Crippen LogP contribution in [0.5, 0.6) is 5.75 Å². The van der Waals surface area contributed by atoms with Crippen LogP contribution < -0.4 is 9.46 Å². The maximum atomic E-state index is 12.2. The first-order valence-corrected chi connectivity index (χ1v) is 8.37. The van der Waals surface area contributed by atoms with Crippen molar-refractivity contribution in [2.75, 3.05) is 11.3 Å². The van der Waals surface area contributed by atoms with Crippen LogP contribution in [0.25, 0.3) is 0 Å². The van der Waals surface area contributed by atoms with E-state index in [0.717, 1.165) is 12.0 Å². The van der Waals surface area contributed by atoms with E-state index in [0.29, 0.717) is 29.4 Å². The number of benzene rings is 1.